The monoisotopic (exact) mass is 368 g/mol. The summed E-state index contributed by atoms with van der Waals surface area (Å²) >= 11 is 7.19. The molecule has 7 nitrogen and oxygen atoms in total. The number of benzene rings is 1. The lowest BCUT2D eigenvalue weighted by atomic mass is 10.1. The van der Waals surface area contributed by atoms with Crippen molar-refractivity contribution in [1.82, 2.24) is 5.32 Å². The quantitative estimate of drug-likeness (QED) is 0.494. The lowest BCUT2D eigenvalue weighted by molar-refractivity contribution is -0.384. The highest BCUT2D eigenvalue weighted by atomic mass is 35.5. The number of nitrogens with zero attached hydrogens (tertiary/aromatic N) is 1. The molecule has 24 heavy (non-hydrogen) atoms. The highest BCUT2D eigenvalue weighted by Crippen LogP contribution is 2.27. The summed E-state index contributed by atoms with van der Waals surface area (Å²) in [5.41, 5.74) is -0.433. The molecule has 0 aliphatic rings. The van der Waals surface area contributed by atoms with Gasteiger partial charge in [-0.15, -0.1) is 11.3 Å². The van der Waals surface area contributed by atoms with E-state index in [1.165, 1.54) is 17.4 Å². The number of carbonyl (C=O) groups is 2. The number of nitro benzene ring substituents is 1. The van der Waals surface area contributed by atoms with Crippen molar-refractivity contribution in [2.24, 2.45) is 0 Å². The second-order valence-electron chi connectivity index (χ2n) is 4.85. The van der Waals surface area contributed by atoms with Crippen molar-refractivity contribution in [3.63, 3.8) is 0 Å². The third-order valence-electron chi connectivity index (χ3n) is 3.18. The Kier molecular flexibility index (Phi) is 5.53. The van der Waals surface area contributed by atoms with E-state index in [4.69, 9.17) is 11.6 Å². The number of hydrogen-bond acceptors (Lipinski definition) is 6. The van der Waals surface area contributed by atoms with Crippen molar-refractivity contribution in [3.05, 3.63) is 60.8 Å². The molecule has 1 atom stereocenters. The standard InChI is InChI=1S/C15H13ClN2O5S/c1-8(12-3-4-13(16)24-12)17-14(19)9-5-10(15(20)23-2)7-11(6-9)18(21)22/h3-8H,1-2H3,(H,17,19)/t8-/m0/s1. The summed E-state index contributed by atoms with van der Waals surface area (Å²) in [5.74, 6) is -1.30. The molecule has 0 aliphatic heterocycles. The highest BCUT2D eigenvalue weighted by molar-refractivity contribution is 7.16. The lowest BCUT2D eigenvalue weighted by Gasteiger charge is -2.12. The minimum Gasteiger partial charge on any atom is -0.465 e. The molecule has 1 amide bonds. The van der Waals surface area contributed by atoms with Gasteiger partial charge in [0.15, 0.2) is 0 Å². The van der Waals surface area contributed by atoms with Crippen molar-refractivity contribution in [2.75, 3.05) is 7.11 Å². The van der Waals surface area contributed by atoms with Gasteiger partial charge >= 0.3 is 5.97 Å². The fourth-order valence-electron chi connectivity index (χ4n) is 2.00. The van der Waals surface area contributed by atoms with Crippen molar-refractivity contribution in [2.45, 2.75) is 13.0 Å². The first-order chi connectivity index (χ1) is 11.3. The molecule has 0 unspecified atom stereocenters. The number of ether oxygens (including phenoxy) is 1. The van der Waals surface area contributed by atoms with Crippen LogP contribution in [0.3, 0.4) is 0 Å². The molecule has 2 rings (SSSR count). The van der Waals surface area contributed by atoms with Gasteiger partial charge < -0.3 is 10.1 Å². The van der Waals surface area contributed by atoms with E-state index >= 15 is 0 Å². The number of rotatable bonds is 5. The van der Waals surface area contributed by atoms with Crippen LogP contribution in [-0.2, 0) is 4.74 Å². The van der Waals surface area contributed by atoms with Gasteiger partial charge in [0.1, 0.15) is 0 Å². The van der Waals surface area contributed by atoms with Gasteiger partial charge in [-0.3, -0.25) is 14.9 Å². The topological polar surface area (TPSA) is 98.5 Å². The van der Waals surface area contributed by atoms with E-state index in [0.29, 0.717) is 4.34 Å². The molecule has 126 valence electrons. The Morgan fingerprint density at radius 3 is 2.50 bits per heavy atom. The summed E-state index contributed by atoms with van der Waals surface area (Å²) in [6.45, 7) is 1.76. The highest BCUT2D eigenvalue weighted by Gasteiger charge is 2.20. The number of halogens is 1. The number of thiophene rings is 1. The Balaban J connectivity index is 2.29. The van der Waals surface area contributed by atoms with Crippen molar-refractivity contribution >= 4 is 40.5 Å². The van der Waals surface area contributed by atoms with Gasteiger partial charge in [0, 0.05) is 22.6 Å². The summed E-state index contributed by atoms with van der Waals surface area (Å²) < 4.78 is 5.14. The zero-order chi connectivity index (χ0) is 17.9. The third kappa shape index (κ3) is 4.09. The van der Waals surface area contributed by atoms with Crippen LogP contribution < -0.4 is 5.32 Å². The van der Waals surface area contributed by atoms with E-state index in [0.717, 1.165) is 24.1 Å². The zero-order valence-electron chi connectivity index (χ0n) is 12.7. The predicted octanol–water partition coefficient (Wildman–Crippen LogP) is 3.59. The maximum Gasteiger partial charge on any atom is 0.338 e. The number of esters is 1. The van der Waals surface area contributed by atoms with Crippen LogP contribution in [0.15, 0.2) is 30.3 Å². The van der Waals surface area contributed by atoms with E-state index < -0.39 is 16.8 Å². The number of hydrogen-bond donors (Lipinski definition) is 1. The van der Waals surface area contributed by atoms with Crippen LogP contribution in [0.2, 0.25) is 4.34 Å². The Morgan fingerprint density at radius 2 is 1.96 bits per heavy atom. The summed E-state index contributed by atoms with van der Waals surface area (Å²) in [6, 6.07) is 6.58. The molecule has 0 fully saturated rings. The fourth-order valence-corrected chi connectivity index (χ4v) is 3.06. The molecule has 9 heteroatoms. The first-order valence-electron chi connectivity index (χ1n) is 6.75. The number of amides is 1. The Morgan fingerprint density at radius 1 is 1.29 bits per heavy atom. The first kappa shape index (κ1) is 17.9. The number of nitro groups is 1. The molecule has 2 aromatic rings. The van der Waals surface area contributed by atoms with E-state index in [9.17, 15) is 19.7 Å². The second kappa shape index (κ2) is 7.41. The zero-order valence-corrected chi connectivity index (χ0v) is 14.3. The van der Waals surface area contributed by atoms with Gasteiger partial charge in [0.05, 0.1) is 28.0 Å². The van der Waals surface area contributed by atoms with Crippen LogP contribution in [0.5, 0.6) is 0 Å². The van der Waals surface area contributed by atoms with Gasteiger partial charge in [-0.25, -0.2) is 4.79 Å². The normalized spacial score (nSPS) is 11.6. The van der Waals surface area contributed by atoms with Gasteiger partial charge in [-0.1, -0.05) is 11.6 Å². The first-order valence-corrected chi connectivity index (χ1v) is 7.95. The molecule has 1 aromatic carbocycles. The second-order valence-corrected chi connectivity index (χ2v) is 6.60. The summed E-state index contributed by atoms with van der Waals surface area (Å²) in [4.78, 5) is 35.1. The van der Waals surface area contributed by atoms with Crippen LogP contribution in [0.25, 0.3) is 0 Å². The predicted molar refractivity (Wildman–Crippen MR) is 89.6 cm³/mol. The van der Waals surface area contributed by atoms with Crippen molar-refractivity contribution in [3.8, 4) is 0 Å². The molecule has 0 saturated heterocycles. The lowest BCUT2D eigenvalue weighted by Crippen LogP contribution is -2.26. The summed E-state index contributed by atoms with van der Waals surface area (Å²) in [6.07, 6.45) is 0. The van der Waals surface area contributed by atoms with Crippen LogP contribution in [0, 0.1) is 10.1 Å². The molecular weight excluding hydrogens is 356 g/mol. The molecule has 0 bridgehead atoms. The summed E-state index contributed by atoms with van der Waals surface area (Å²) in [7, 11) is 1.16. The maximum absolute atomic E-state index is 12.4. The molecule has 0 spiro atoms. The number of non-ortho nitro benzene ring substituents is 1. The largest absolute Gasteiger partial charge is 0.465 e. The van der Waals surface area contributed by atoms with E-state index in [2.05, 4.69) is 10.1 Å². The average Bonchev–Trinajstić information content (AvgIpc) is 3.00. The van der Waals surface area contributed by atoms with Crippen molar-refractivity contribution in [1.29, 1.82) is 0 Å². The molecule has 0 aliphatic carbocycles. The number of carbonyl (C=O) groups excluding carboxylic acids is 2. The van der Waals surface area contributed by atoms with Gasteiger partial charge in [-0.05, 0) is 25.1 Å². The molecule has 0 radical (unpaired) electrons. The Labute approximate surface area is 146 Å². The van der Waals surface area contributed by atoms with Gasteiger partial charge in [0.25, 0.3) is 11.6 Å². The van der Waals surface area contributed by atoms with Crippen molar-refractivity contribution < 1.29 is 19.2 Å². The minimum absolute atomic E-state index is 0.000830. The fraction of sp³-hybridized carbons (Fsp3) is 0.200. The van der Waals surface area contributed by atoms with Gasteiger partial charge in [0.2, 0.25) is 0 Å². The maximum atomic E-state index is 12.4. The Hall–Kier alpha value is -2.45. The minimum atomic E-state index is -0.758. The smallest absolute Gasteiger partial charge is 0.338 e. The molecule has 1 N–H and O–H groups in total. The van der Waals surface area contributed by atoms with Crippen LogP contribution in [0.1, 0.15) is 38.6 Å². The van der Waals surface area contributed by atoms with Crippen LogP contribution in [0.4, 0.5) is 5.69 Å². The molecule has 1 aromatic heterocycles. The molecule has 1 heterocycles. The van der Waals surface area contributed by atoms with E-state index in [1.54, 1.807) is 19.1 Å². The SMILES string of the molecule is COC(=O)c1cc(C(=O)N[C@@H](C)c2ccc(Cl)s2)cc([N+](=O)[O-])c1. The van der Waals surface area contributed by atoms with Gasteiger partial charge in [-0.2, -0.15) is 0 Å². The average molecular weight is 369 g/mol. The molecular formula is C15H13ClN2O5S. The molecule has 0 saturated carbocycles. The third-order valence-corrected chi connectivity index (χ3v) is 4.59. The van der Waals surface area contributed by atoms with Crippen LogP contribution >= 0.6 is 22.9 Å². The number of nitrogens with one attached hydrogen (secondary N) is 1. The van der Waals surface area contributed by atoms with E-state index in [1.807, 2.05) is 0 Å². The summed E-state index contributed by atoms with van der Waals surface area (Å²) in [5, 5.41) is 13.7. The van der Waals surface area contributed by atoms with E-state index in [-0.39, 0.29) is 22.9 Å². The van der Waals surface area contributed by atoms with Crippen LogP contribution in [-0.4, -0.2) is 23.9 Å². The number of methoxy groups -OCH3 is 1. The Bertz CT molecular complexity index is 805.